The smallest absolute Gasteiger partial charge is 0.193 e. The predicted molar refractivity (Wildman–Crippen MR) is 110 cm³/mol. The van der Waals surface area contributed by atoms with E-state index in [1.54, 1.807) is 0 Å². The van der Waals surface area contributed by atoms with Crippen LogP contribution >= 0.6 is 11.3 Å². The Morgan fingerprint density at radius 2 is 2.08 bits per heavy atom. The van der Waals surface area contributed by atoms with E-state index in [0.29, 0.717) is 6.04 Å². The molecule has 1 N–H and O–H groups in total. The Bertz CT molecular complexity index is 494. The fourth-order valence-electron chi connectivity index (χ4n) is 3.16. The average molecular weight is 366 g/mol. The highest BCUT2D eigenvalue weighted by molar-refractivity contribution is 7.09. The van der Waals surface area contributed by atoms with Gasteiger partial charge in [0, 0.05) is 57.2 Å². The van der Waals surface area contributed by atoms with Gasteiger partial charge in [0.2, 0.25) is 0 Å². The van der Waals surface area contributed by atoms with Gasteiger partial charge in [-0.15, -0.1) is 11.3 Å². The van der Waals surface area contributed by atoms with Crippen molar-refractivity contribution in [3.63, 3.8) is 0 Å². The maximum Gasteiger partial charge on any atom is 0.193 e. The molecule has 5 nitrogen and oxygen atoms in total. The Morgan fingerprint density at radius 1 is 1.32 bits per heavy atom. The Labute approximate surface area is 157 Å². The first-order valence-electron chi connectivity index (χ1n) is 9.62. The molecule has 1 fully saturated rings. The van der Waals surface area contributed by atoms with Crippen molar-refractivity contribution >= 4 is 17.3 Å². The zero-order valence-corrected chi connectivity index (χ0v) is 17.2. The molecular weight excluding hydrogens is 330 g/mol. The van der Waals surface area contributed by atoms with E-state index >= 15 is 0 Å². The topological polar surface area (TPSA) is 34.1 Å². The summed E-state index contributed by atoms with van der Waals surface area (Å²) in [4.78, 5) is 13.7. The molecule has 6 heteroatoms. The van der Waals surface area contributed by atoms with E-state index in [9.17, 15) is 0 Å². The SMILES string of the molecule is CCNC(=NCC(C)N1CCN(CC)CC1)N(C)CCc1cccs1. The van der Waals surface area contributed by atoms with E-state index in [1.807, 2.05) is 11.3 Å². The van der Waals surface area contributed by atoms with Gasteiger partial charge in [0.15, 0.2) is 5.96 Å². The Morgan fingerprint density at radius 3 is 2.68 bits per heavy atom. The number of likely N-dealkylation sites (N-methyl/N-ethyl adjacent to an activating group) is 2. The Hall–Kier alpha value is -1.11. The van der Waals surface area contributed by atoms with Crippen molar-refractivity contribution in [2.75, 3.05) is 59.4 Å². The molecule has 0 radical (unpaired) electrons. The lowest BCUT2D eigenvalue weighted by Gasteiger charge is -2.37. The summed E-state index contributed by atoms with van der Waals surface area (Å²) in [6, 6.07) is 4.83. The molecular formula is C19H35N5S. The monoisotopic (exact) mass is 365 g/mol. The van der Waals surface area contributed by atoms with Crippen molar-refractivity contribution in [1.82, 2.24) is 20.0 Å². The van der Waals surface area contributed by atoms with E-state index in [2.05, 4.69) is 65.3 Å². The van der Waals surface area contributed by atoms with Gasteiger partial charge in [-0.3, -0.25) is 9.89 Å². The summed E-state index contributed by atoms with van der Waals surface area (Å²) in [5.41, 5.74) is 0. The van der Waals surface area contributed by atoms with E-state index < -0.39 is 0 Å². The summed E-state index contributed by atoms with van der Waals surface area (Å²) in [5.74, 6) is 1.03. The minimum absolute atomic E-state index is 0.498. The van der Waals surface area contributed by atoms with Crippen LogP contribution in [0.1, 0.15) is 25.6 Å². The summed E-state index contributed by atoms with van der Waals surface area (Å²) < 4.78 is 0. The number of rotatable bonds is 8. The Kier molecular flexibility index (Phi) is 8.72. The van der Waals surface area contributed by atoms with Gasteiger partial charge in [-0.1, -0.05) is 13.0 Å². The molecule has 0 bridgehead atoms. The number of nitrogens with zero attached hydrogens (tertiary/aromatic N) is 4. The minimum atomic E-state index is 0.498. The summed E-state index contributed by atoms with van der Waals surface area (Å²) in [7, 11) is 2.14. The highest BCUT2D eigenvalue weighted by atomic mass is 32.1. The molecule has 1 aromatic heterocycles. The third kappa shape index (κ3) is 6.60. The largest absolute Gasteiger partial charge is 0.357 e. The van der Waals surface area contributed by atoms with Gasteiger partial charge in [0.05, 0.1) is 6.54 Å². The molecule has 1 atom stereocenters. The van der Waals surface area contributed by atoms with Crippen molar-refractivity contribution in [3.05, 3.63) is 22.4 Å². The molecule has 25 heavy (non-hydrogen) atoms. The van der Waals surface area contributed by atoms with Crippen molar-refractivity contribution in [2.24, 2.45) is 4.99 Å². The first-order valence-corrected chi connectivity index (χ1v) is 10.5. The second kappa shape index (κ2) is 10.8. The fraction of sp³-hybridized carbons (Fsp3) is 0.737. The molecule has 0 spiro atoms. The summed E-state index contributed by atoms with van der Waals surface area (Å²) in [6.45, 7) is 15.3. The maximum absolute atomic E-state index is 4.91. The third-order valence-corrected chi connectivity index (χ3v) is 5.89. The number of thiophene rings is 1. The van der Waals surface area contributed by atoms with Gasteiger partial charge in [0.1, 0.15) is 0 Å². The van der Waals surface area contributed by atoms with Crippen molar-refractivity contribution in [2.45, 2.75) is 33.2 Å². The molecule has 1 aliphatic rings. The lowest BCUT2D eigenvalue weighted by Crippen LogP contribution is -2.50. The van der Waals surface area contributed by atoms with E-state index in [4.69, 9.17) is 4.99 Å². The summed E-state index contributed by atoms with van der Waals surface area (Å²) in [6.07, 6.45) is 1.08. The quantitative estimate of drug-likeness (QED) is 0.566. The number of guanidine groups is 1. The minimum Gasteiger partial charge on any atom is -0.357 e. The molecule has 1 aliphatic heterocycles. The van der Waals surface area contributed by atoms with Gasteiger partial charge in [-0.25, -0.2) is 0 Å². The lowest BCUT2D eigenvalue weighted by atomic mass is 10.2. The molecule has 0 aromatic carbocycles. The van der Waals surface area contributed by atoms with Gasteiger partial charge in [0.25, 0.3) is 0 Å². The van der Waals surface area contributed by atoms with Gasteiger partial charge >= 0.3 is 0 Å². The molecule has 1 saturated heterocycles. The first kappa shape index (κ1) is 20.2. The average Bonchev–Trinajstić information content (AvgIpc) is 3.16. The molecule has 2 heterocycles. The van der Waals surface area contributed by atoms with E-state index in [1.165, 1.54) is 24.5 Å². The molecule has 142 valence electrons. The zero-order chi connectivity index (χ0) is 18.1. The van der Waals surface area contributed by atoms with Crippen LogP contribution in [0.4, 0.5) is 0 Å². The van der Waals surface area contributed by atoms with Crippen LogP contribution in [0.15, 0.2) is 22.5 Å². The van der Waals surface area contributed by atoms with Crippen LogP contribution in [0.2, 0.25) is 0 Å². The standard InChI is InChI=1S/C19H35N5S/c1-5-20-19(22(4)10-9-18-8-7-15-25-18)21-16-17(3)24-13-11-23(6-2)12-14-24/h7-8,15,17H,5-6,9-14,16H2,1-4H3,(H,20,21). The Balaban J connectivity index is 1.83. The molecule has 1 unspecified atom stereocenters. The van der Waals surface area contributed by atoms with Gasteiger partial charge < -0.3 is 15.1 Å². The van der Waals surface area contributed by atoms with E-state index in [-0.39, 0.29) is 0 Å². The number of hydrogen-bond acceptors (Lipinski definition) is 4. The first-order chi connectivity index (χ1) is 12.1. The van der Waals surface area contributed by atoms with Crippen LogP contribution in [0.25, 0.3) is 0 Å². The zero-order valence-electron chi connectivity index (χ0n) is 16.4. The van der Waals surface area contributed by atoms with E-state index in [0.717, 1.165) is 45.1 Å². The molecule has 2 rings (SSSR count). The number of hydrogen-bond donors (Lipinski definition) is 1. The second-order valence-electron chi connectivity index (χ2n) is 6.76. The van der Waals surface area contributed by atoms with Gasteiger partial charge in [-0.05, 0) is 38.3 Å². The number of aliphatic imine (C=N–C) groups is 1. The summed E-state index contributed by atoms with van der Waals surface area (Å²) in [5, 5.41) is 5.59. The molecule has 0 aliphatic carbocycles. The molecule has 0 amide bonds. The highest BCUT2D eigenvalue weighted by Crippen LogP contribution is 2.10. The summed E-state index contributed by atoms with van der Waals surface area (Å²) >= 11 is 1.83. The number of nitrogens with one attached hydrogen (secondary N) is 1. The molecule has 1 aromatic rings. The van der Waals surface area contributed by atoms with Crippen LogP contribution in [-0.4, -0.2) is 86.1 Å². The van der Waals surface area contributed by atoms with Crippen LogP contribution in [-0.2, 0) is 6.42 Å². The van der Waals surface area contributed by atoms with Crippen LogP contribution in [0.3, 0.4) is 0 Å². The highest BCUT2D eigenvalue weighted by Gasteiger charge is 2.20. The third-order valence-electron chi connectivity index (χ3n) is 4.95. The van der Waals surface area contributed by atoms with Crippen molar-refractivity contribution in [1.29, 1.82) is 0 Å². The van der Waals surface area contributed by atoms with Gasteiger partial charge in [-0.2, -0.15) is 0 Å². The number of piperazine rings is 1. The van der Waals surface area contributed by atoms with Crippen molar-refractivity contribution < 1.29 is 0 Å². The maximum atomic E-state index is 4.91. The van der Waals surface area contributed by atoms with Crippen LogP contribution in [0, 0.1) is 0 Å². The van der Waals surface area contributed by atoms with Crippen molar-refractivity contribution in [3.8, 4) is 0 Å². The predicted octanol–water partition coefficient (Wildman–Crippen LogP) is 2.21. The fourth-order valence-corrected chi connectivity index (χ4v) is 3.86. The normalized spacial score (nSPS) is 18.3. The molecule has 0 saturated carbocycles. The van der Waals surface area contributed by atoms with Crippen LogP contribution < -0.4 is 5.32 Å². The van der Waals surface area contributed by atoms with Crippen LogP contribution in [0.5, 0.6) is 0 Å². The second-order valence-corrected chi connectivity index (χ2v) is 7.80. The lowest BCUT2D eigenvalue weighted by molar-refractivity contribution is 0.109.